The number of hydrogen-bond donors (Lipinski definition) is 0. The van der Waals surface area contributed by atoms with Gasteiger partial charge in [-0.2, -0.15) is 0 Å². The number of carbonyl (C=O) groups is 1. The highest BCUT2D eigenvalue weighted by atomic mass is 16.7. The van der Waals surface area contributed by atoms with E-state index < -0.39 is 6.16 Å². The molecule has 3 heteroatoms. The molecule has 9 heavy (non-hydrogen) atoms. The van der Waals surface area contributed by atoms with Crippen LogP contribution in [0.2, 0.25) is 0 Å². The predicted octanol–water partition coefficient (Wildman–Crippen LogP) is 1.57. The average Bonchev–Trinajstić information content (AvgIpc) is 1.85. The normalized spacial score (nSPS) is 8.67. The zero-order chi connectivity index (χ0) is 7.11. The van der Waals surface area contributed by atoms with E-state index in [-0.39, 0.29) is 0 Å². The summed E-state index contributed by atoms with van der Waals surface area (Å²) in [7, 11) is 0. The van der Waals surface area contributed by atoms with Gasteiger partial charge in [0, 0.05) is 0 Å². The van der Waals surface area contributed by atoms with Crippen molar-refractivity contribution >= 4 is 6.16 Å². The fourth-order valence-corrected chi connectivity index (χ4v) is 0.345. The third-order valence-corrected chi connectivity index (χ3v) is 0.686. The van der Waals surface area contributed by atoms with E-state index in [1.807, 2.05) is 6.92 Å². The molecule has 3 nitrogen and oxygen atoms in total. The van der Waals surface area contributed by atoms with Gasteiger partial charge in [0.15, 0.2) is 0 Å². The number of hydrogen-bond acceptors (Lipinski definition) is 3. The molecule has 0 saturated carbocycles. The predicted molar refractivity (Wildman–Crippen MR) is 33.3 cm³/mol. The molecule has 0 aliphatic rings. The Labute approximate surface area is 55.0 Å². The second-order valence-electron chi connectivity index (χ2n) is 1.53. The van der Waals surface area contributed by atoms with Crippen molar-refractivity contribution in [2.45, 2.75) is 20.3 Å². The van der Waals surface area contributed by atoms with Crippen LogP contribution >= 0.6 is 0 Å². The van der Waals surface area contributed by atoms with Crippen molar-refractivity contribution in [3.63, 3.8) is 0 Å². The van der Waals surface area contributed by atoms with Gasteiger partial charge in [-0.3, -0.25) is 0 Å². The highest BCUT2D eigenvalue weighted by Crippen LogP contribution is 1.85. The molecule has 0 aliphatic heterocycles. The first-order chi connectivity index (χ1) is 4.31. The lowest BCUT2D eigenvalue weighted by Gasteiger charge is -2.00. The number of rotatable bonds is 3. The van der Waals surface area contributed by atoms with Crippen molar-refractivity contribution in [3.8, 4) is 0 Å². The molecule has 0 atom stereocenters. The maximum atomic E-state index is 10.4. The van der Waals surface area contributed by atoms with Crippen molar-refractivity contribution in [2.75, 3.05) is 13.2 Å². The van der Waals surface area contributed by atoms with Gasteiger partial charge in [0.05, 0.1) is 13.2 Å². The maximum absolute atomic E-state index is 10.4. The van der Waals surface area contributed by atoms with Crippen LogP contribution in [-0.2, 0) is 9.47 Å². The molecule has 54 valence electrons. The molecule has 0 heterocycles. The van der Waals surface area contributed by atoms with E-state index in [9.17, 15) is 4.79 Å². The van der Waals surface area contributed by atoms with Crippen LogP contribution in [0.4, 0.5) is 4.79 Å². The van der Waals surface area contributed by atoms with Crippen molar-refractivity contribution < 1.29 is 14.3 Å². The Bertz CT molecular complexity index is 80.4. The molecule has 0 radical (unpaired) electrons. The van der Waals surface area contributed by atoms with Crippen LogP contribution in [0.5, 0.6) is 0 Å². The van der Waals surface area contributed by atoms with Crippen molar-refractivity contribution in [2.24, 2.45) is 0 Å². The van der Waals surface area contributed by atoms with Gasteiger partial charge in [0.1, 0.15) is 0 Å². The molecule has 0 rings (SSSR count). The first-order valence-corrected chi connectivity index (χ1v) is 3.10. The Balaban J connectivity index is 3.06. The fourth-order valence-electron chi connectivity index (χ4n) is 0.345. The molecule has 0 N–H and O–H groups in total. The second kappa shape index (κ2) is 5.41. The Morgan fingerprint density at radius 3 is 2.44 bits per heavy atom. The monoisotopic (exact) mass is 132 g/mol. The quantitative estimate of drug-likeness (QED) is 0.547. The number of ether oxygens (including phenoxy) is 2. The highest BCUT2D eigenvalue weighted by Gasteiger charge is 1.97. The molecule has 0 amide bonds. The van der Waals surface area contributed by atoms with Gasteiger partial charge < -0.3 is 9.47 Å². The highest BCUT2D eigenvalue weighted by molar-refractivity contribution is 5.59. The lowest BCUT2D eigenvalue weighted by Crippen LogP contribution is -2.07. The molecule has 0 aromatic carbocycles. The van der Waals surface area contributed by atoms with E-state index in [0.29, 0.717) is 13.2 Å². The minimum Gasteiger partial charge on any atom is -0.435 e. The molecular weight excluding hydrogens is 120 g/mol. The summed E-state index contributed by atoms with van der Waals surface area (Å²) in [6.07, 6.45) is 0.262. The summed E-state index contributed by atoms with van der Waals surface area (Å²) >= 11 is 0. The molecular formula is C6H12O3. The molecule has 0 aliphatic carbocycles. The van der Waals surface area contributed by atoms with Gasteiger partial charge in [0.2, 0.25) is 0 Å². The zero-order valence-corrected chi connectivity index (χ0v) is 5.85. The van der Waals surface area contributed by atoms with Gasteiger partial charge in [-0.25, -0.2) is 4.79 Å². The van der Waals surface area contributed by atoms with Gasteiger partial charge in [-0.15, -0.1) is 0 Å². The summed E-state index contributed by atoms with van der Waals surface area (Å²) in [5, 5.41) is 0. The molecule has 0 bridgehead atoms. The molecule has 0 aromatic heterocycles. The summed E-state index contributed by atoms with van der Waals surface area (Å²) in [4.78, 5) is 10.4. The topological polar surface area (TPSA) is 35.5 Å². The third-order valence-electron chi connectivity index (χ3n) is 0.686. The summed E-state index contributed by atoms with van der Waals surface area (Å²) < 4.78 is 9.05. The Morgan fingerprint density at radius 1 is 1.33 bits per heavy atom. The minimum absolute atomic E-state index is 0.378. The lowest BCUT2D eigenvalue weighted by atomic mass is 10.5. The average molecular weight is 132 g/mol. The molecule has 0 spiro atoms. The summed E-state index contributed by atoms with van der Waals surface area (Å²) in [5.74, 6) is 0. The zero-order valence-electron chi connectivity index (χ0n) is 5.85. The van der Waals surface area contributed by atoms with Crippen molar-refractivity contribution in [1.29, 1.82) is 0 Å². The van der Waals surface area contributed by atoms with Crippen LogP contribution in [0.3, 0.4) is 0 Å². The third kappa shape index (κ3) is 5.14. The summed E-state index contributed by atoms with van der Waals surface area (Å²) in [6, 6.07) is 0. The molecule has 0 aromatic rings. The fraction of sp³-hybridized carbons (Fsp3) is 0.833. The van der Waals surface area contributed by atoms with Gasteiger partial charge in [-0.05, 0) is 13.3 Å². The van der Waals surface area contributed by atoms with Crippen LogP contribution in [0, 0.1) is 0 Å². The standard InChI is InChI=1S/C6H12O3/c1-3-5-9-6(7)8-4-2/h3-5H2,1-2H3. The second-order valence-corrected chi connectivity index (χ2v) is 1.53. The van der Waals surface area contributed by atoms with E-state index in [0.717, 1.165) is 6.42 Å². The smallest absolute Gasteiger partial charge is 0.435 e. The van der Waals surface area contributed by atoms with Crippen LogP contribution in [0.25, 0.3) is 0 Å². The molecule has 0 saturated heterocycles. The lowest BCUT2D eigenvalue weighted by molar-refractivity contribution is 0.0592. The van der Waals surface area contributed by atoms with Crippen molar-refractivity contribution in [1.82, 2.24) is 0 Å². The summed E-state index contributed by atoms with van der Waals surface area (Å²) in [5.41, 5.74) is 0. The van der Waals surface area contributed by atoms with E-state index in [1.54, 1.807) is 6.92 Å². The first kappa shape index (κ1) is 8.27. The molecule has 0 unspecified atom stereocenters. The van der Waals surface area contributed by atoms with E-state index in [1.165, 1.54) is 0 Å². The van der Waals surface area contributed by atoms with Gasteiger partial charge in [-0.1, -0.05) is 6.92 Å². The van der Waals surface area contributed by atoms with E-state index in [4.69, 9.17) is 0 Å². The van der Waals surface area contributed by atoms with Gasteiger partial charge in [0.25, 0.3) is 0 Å². The molecule has 0 fully saturated rings. The largest absolute Gasteiger partial charge is 0.508 e. The van der Waals surface area contributed by atoms with Crippen LogP contribution in [-0.4, -0.2) is 19.4 Å². The van der Waals surface area contributed by atoms with Crippen LogP contribution in [0.1, 0.15) is 20.3 Å². The van der Waals surface area contributed by atoms with E-state index >= 15 is 0 Å². The maximum Gasteiger partial charge on any atom is 0.508 e. The minimum atomic E-state index is -0.570. The van der Waals surface area contributed by atoms with E-state index in [2.05, 4.69) is 9.47 Å². The Hall–Kier alpha value is -0.730. The van der Waals surface area contributed by atoms with Crippen molar-refractivity contribution in [3.05, 3.63) is 0 Å². The van der Waals surface area contributed by atoms with Gasteiger partial charge >= 0.3 is 6.16 Å². The SMILES string of the molecule is CCCOC(=O)OCC. The first-order valence-electron chi connectivity index (χ1n) is 3.10. The number of carbonyl (C=O) groups excluding carboxylic acids is 1. The Morgan fingerprint density at radius 2 is 2.00 bits per heavy atom. The van der Waals surface area contributed by atoms with Crippen LogP contribution in [0.15, 0.2) is 0 Å². The summed E-state index contributed by atoms with van der Waals surface area (Å²) in [6.45, 7) is 4.49. The Kier molecular flexibility index (Phi) is 4.97. The van der Waals surface area contributed by atoms with Crippen LogP contribution < -0.4 is 0 Å².